The average molecular weight is 366 g/mol. The Balaban J connectivity index is 1.46. The third-order valence-corrected chi connectivity index (χ3v) is 4.95. The summed E-state index contributed by atoms with van der Waals surface area (Å²) in [7, 11) is 0. The molecule has 1 aliphatic carbocycles. The number of tetrazole rings is 1. The van der Waals surface area contributed by atoms with Crippen molar-refractivity contribution >= 4 is 11.7 Å². The van der Waals surface area contributed by atoms with Crippen LogP contribution in [0.4, 0.5) is 14.9 Å². The number of hydrogen-bond acceptors (Lipinski definition) is 4. The number of benzene rings is 2. The fraction of sp³-hybridized carbons (Fsp3) is 0.263. The van der Waals surface area contributed by atoms with Gasteiger partial charge in [0.1, 0.15) is 12.1 Å². The van der Waals surface area contributed by atoms with Gasteiger partial charge in [0.2, 0.25) is 0 Å². The van der Waals surface area contributed by atoms with Crippen LogP contribution in [-0.4, -0.2) is 26.2 Å². The van der Waals surface area contributed by atoms with Crippen molar-refractivity contribution in [3.8, 4) is 5.69 Å². The maximum atomic E-state index is 13.3. The standard InChI is InChI=1S/C19H19FN6O/c20-15-5-3-14(4-6-15)19(11-1-2-12-19)23-18(27)22-16-7-9-17(10-8-16)26-13-21-24-25-26/h3-10,13H,1-2,11-12H2,(H2,22,23,27). The van der Waals surface area contributed by atoms with Crippen LogP contribution in [0, 0.1) is 5.82 Å². The van der Waals surface area contributed by atoms with Crippen LogP contribution < -0.4 is 10.6 Å². The lowest BCUT2D eigenvalue weighted by Gasteiger charge is -2.31. The van der Waals surface area contributed by atoms with Crippen LogP contribution in [0.5, 0.6) is 0 Å². The van der Waals surface area contributed by atoms with Gasteiger partial charge in [0.25, 0.3) is 0 Å². The zero-order valence-electron chi connectivity index (χ0n) is 14.6. The Bertz CT molecular complexity index is 902. The summed E-state index contributed by atoms with van der Waals surface area (Å²) in [5.41, 5.74) is 1.94. The largest absolute Gasteiger partial charge is 0.328 e. The molecular weight excluding hydrogens is 347 g/mol. The number of amides is 2. The highest BCUT2D eigenvalue weighted by molar-refractivity contribution is 5.90. The molecule has 0 atom stereocenters. The topological polar surface area (TPSA) is 84.7 Å². The van der Waals surface area contributed by atoms with E-state index < -0.39 is 5.54 Å². The van der Waals surface area contributed by atoms with Crippen molar-refractivity contribution in [2.45, 2.75) is 31.2 Å². The van der Waals surface area contributed by atoms with Crippen LogP contribution in [0.15, 0.2) is 54.9 Å². The normalized spacial score (nSPS) is 15.4. The fourth-order valence-electron chi connectivity index (χ4n) is 3.59. The van der Waals surface area contributed by atoms with E-state index in [-0.39, 0.29) is 11.8 Å². The molecule has 3 aromatic rings. The number of anilines is 1. The van der Waals surface area contributed by atoms with Crippen molar-refractivity contribution in [1.29, 1.82) is 0 Å². The molecule has 1 aliphatic rings. The Hall–Kier alpha value is -3.29. The predicted molar refractivity (Wildman–Crippen MR) is 97.9 cm³/mol. The monoisotopic (exact) mass is 366 g/mol. The number of urea groups is 1. The van der Waals surface area contributed by atoms with Gasteiger partial charge in [-0.05, 0) is 65.2 Å². The lowest BCUT2D eigenvalue weighted by Crippen LogP contribution is -2.45. The van der Waals surface area contributed by atoms with E-state index >= 15 is 0 Å². The van der Waals surface area contributed by atoms with Crippen LogP contribution >= 0.6 is 0 Å². The highest BCUT2D eigenvalue weighted by Crippen LogP contribution is 2.38. The van der Waals surface area contributed by atoms with Gasteiger partial charge in [0.05, 0.1) is 11.2 Å². The zero-order chi connectivity index (χ0) is 18.7. The Morgan fingerprint density at radius 3 is 2.37 bits per heavy atom. The number of aromatic nitrogens is 4. The smallest absolute Gasteiger partial charge is 0.319 e. The molecule has 4 rings (SSSR count). The van der Waals surface area contributed by atoms with Gasteiger partial charge < -0.3 is 10.6 Å². The lowest BCUT2D eigenvalue weighted by molar-refractivity contribution is 0.236. The Labute approximate surface area is 155 Å². The minimum absolute atomic E-state index is 0.279. The summed E-state index contributed by atoms with van der Waals surface area (Å²) in [6.45, 7) is 0. The summed E-state index contributed by atoms with van der Waals surface area (Å²) in [6, 6.07) is 13.3. The molecule has 1 fully saturated rings. The molecule has 8 heteroatoms. The van der Waals surface area contributed by atoms with E-state index in [0.717, 1.165) is 36.9 Å². The molecule has 1 heterocycles. The van der Waals surface area contributed by atoms with Gasteiger partial charge in [-0.15, -0.1) is 5.10 Å². The molecule has 0 unspecified atom stereocenters. The molecule has 7 nitrogen and oxygen atoms in total. The first-order valence-electron chi connectivity index (χ1n) is 8.83. The van der Waals surface area contributed by atoms with Gasteiger partial charge in [-0.25, -0.2) is 13.9 Å². The number of carbonyl (C=O) groups excluding carboxylic acids is 1. The molecule has 2 aromatic carbocycles. The van der Waals surface area contributed by atoms with E-state index in [2.05, 4.69) is 26.2 Å². The molecule has 2 N–H and O–H groups in total. The minimum atomic E-state index is -0.454. The Morgan fingerprint density at radius 2 is 1.74 bits per heavy atom. The molecule has 1 saturated carbocycles. The maximum absolute atomic E-state index is 13.3. The molecule has 0 spiro atoms. The highest BCUT2D eigenvalue weighted by atomic mass is 19.1. The summed E-state index contributed by atoms with van der Waals surface area (Å²) in [6.07, 6.45) is 5.23. The van der Waals surface area contributed by atoms with E-state index in [1.165, 1.54) is 23.1 Å². The van der Waals surface area contributed by atoms with E-state index in [9.17, 15) is 9.18 Å². The van der Waals surface area contributed by atoms with Crippen molar-refractivity contribution in [1.82, 2.24) is 25.5 Å². The summed E-state index contributed by atoms with van der Waals surface area (Å²) >= 11 is 0. The average Bonchev–Trinajstić information content (AvgIpc) is 3.35. The number of nitrogens with zero attached hydrogens (tertiary/aromatic N) is 4. The molecule has 0 aliphatic heterocycles. The highest BCUT2D eigenvalue weighted by Gasteiger charge is 2.37. The second kappa shape index (κ2) is 7.14. The molecule has 27 heavy (non-hydrogen) atoms. The molecule has 0 saturated heterocycles. The van der Waals surface area contributed by atoms with Crippen LogP contribution in [-0.2, 0) is 5.54 Å². The van der Waals surface area contributed by atoms with Crippen LogP contribution in [0.3, 0.4) is 0 Å². The minimum Gasteiger partial charge on any atom is -0.328 e. The van der Waals surface area contributed by atoms with Crippen molar-refractivity contribution < 1.29 is 9.18 Å². The van der Waals surface area contributed by atoms with Crippen molar-refractivity contribution in [3.05, 3.63) is 66.2 Å². The van der Waals surface area contributed by atoms with E-state index in [1.54, 1.807) is 24.3 Å². The summed E-state index contributed by atoms with van der Waals surface area (Å²) in [5.74, 6) is -0.279. The Kier molecular flexibility index (Phi) is 4.53. The summed E-state index contributed by atoms with van der Waals surface area (Å²) < 4.78 is 14.8. The summed E-state index contributed by atoms with van der Waals surface area (Å²) in [4.78, 5) is 12.6. The van der Waals surface area contributed by atoms with Gasteiger partial charge in [-0.1, -0.05) is 25.0 Å². The van der Waals surface area contributed by atoms with Gasteiger partial charge in [-0.2, -0.15) is 0 Å². The first-order chi connectivity index (χ1) is 13.1. The first-order valence-corrected chi connectivity index (χ1v) is 8.83. The number of rotatable bonds is 4. The third-order valence-electron chi connectivity index (χ3n) is 4.95. The molecule has 1 aromatic heterocycles. The van der Waals surface area contributed by atoms with Gasteiger partial charge in [-0.3, -0.25) is 0 Å². The van der Waals surface area contributed by atoms with Gasteiger partial charge >= 0.3 is 6.03 Å². The Morgan fingerprint density at radius 1 is 1.04 bits per heavy atom. The van der Waals surface area contributed by atoms with E-state index in [0.29, 0.717) is 5.69 Å². The number of carbonyl (C=O) groups is 1. The summed E-state index contributed by atoms with van der Waals surface area (Å²) in [5, 5.41) is 17.0. The second-order valence-corrected chi connectivity index (χ2v) is 6.68. The predicted octanol–water partition coefficient (Wildman–Crippen LogP) is 3.39. The molecule has 2 amide bonds. The molecule has 0 radical (unpaired) electrons. The third kappa shape index (κ3) is 3.64. The molecular formula is C19H19FN6O. The van der Waals surface area contributed by atoms with E-state index in [4.69, 9.17) is 0 Å². The van der Waals surface area contributed by atoms with E-state index in [1.807, 2.05) is 12.1 Å². The van der Waals surface area contributed by atoms with Crippen LogP contribution in [0.25, 0.3) is 5.69 Å². The number of hydrogen-bond donors (Lipinski definition) is 2. The number of nitrogens with one attached hydrogen (secondary N) is 2. The van der Waals surface area contributed by atoms with Crippen LogP contribution in [0.2, 0.25) is 0 Å². The lowest BCUT2D eigenvalue weighted by atomic mass is 9.88. The number of halogens is 1. The maximum Gasteiger partial charge on any atom is 0.319 e. The zero-order valence-corrected chi connectivity index (χ0v) is 14.6. The van der Waals surface area contributed by atoms with Crippen molar-refractivity contribution in [2.24, 2.45) is 0 Å². The molecule has 0 bridgehead atoms. The van der Waals surface area contributed by atoms with Crippen molar-refractivity contribution in [2.75, 3.05) is 5.32 Å². The van der Waals surface area contributed by atoms with Gasteiger partial charge in [0, 0.05) is 5.69 Å². The fourth-order valence-corrected chi connectivity index (χ4v) is 3.59. The van der Waals surface area contributed by atoms with Gasteiger partial charge in [0.15, 0.2) is 0 Å². The van der Waals surface area contributed by atoms with Crippen LogP contribution in [0.1, 0.15) is 31.2 Å². The molecule has 138 valence electrons. The first kappa shape index (κ1) is 17.1. The quantitative estimate of drug-likeness (QED) is 0.741. The second-order valence-electron chi connectivity index (χ2n) is 6.68. The SMILES string of the molecule is O=C(Nc1ccc(-n2cnnn2)cc1)NC1(c2ccc(F)cc2)CCCC1. The van der Waals surface area contributed by atoms with Crippen molar-refractivity contribution in [3.63, 3.8) is 0 Å².